The fraction of sp³-hybridized carbons (Fsp3) is 0.500. The third-order valence-electron chi connectivity index (χ3n) is 3.06. The fourth-order valence-corrected chi connectivity index (χ4v) is 2.42. The Balaban J connectivity index is 2.25. The molecule has 1 aromatic carbocycles. The lowest BCUT2D eigenvalue weighted by Gasteiger charge is -2.25. The molecule has 1 N–H and O–H groups in total. The molecule has 1 heterocycles. The summed E-state index contributed by atoms with van der Waals surface area (Å²) in [4.78, 5) is 2.31. The highest BCUT2D eigenvalue weighted by atomic mass is 79.9. The minimum atomic E-state index is 0.259. The Morgan fingerprint density at radius 1 is 1.53 bits per heavy atom. The van der Waals surface area contributed by atoms with Crippen LogP contribution in [-0.4, -0.2) is 24.3 Å². The van der Waals surface area contributed by atoms with Gasteiger partial charge in [0, 0.05) is 16.7 Å². The van der Waals surface area contributed by atoms with Crippen molar-refractivity contribution in [3.63, 3.8) is 0 Å². The Hall–Kier alpha value is -0.540. The summed E-state index contributed by atoms with van der Waals surface area (Å²) in [7, 11) is 0. The van der Waals surface area contributed by atoms with Crippen molar-refractivity contribution in [3.05, 3.63) is 28.2 Å². The molecule has 0 amide bonds. The molecule has 1 aliphatic heterocycles. The second-order valence-electron chi connectivity index (χ2n) is 4.11. The van der Waals surface area contributed by atoms with E-state index in [9.17, 15) is 5.11 Å². The number of aliphatic hydroxyl groups is 1. The summed E-state index contributed by atoms with van der Waals surface area (Å²) < 4.78 is 1.14. The van der Waals surface area contributed by atoms with Gasteiger partial charge in [-0.1, -0.05) is 15.9 Å². The number of aliphatic hydroxyl groups excluding tert-OH is 1. The van der Waals surface area contributed by atoms with E-state index >= 15 is 0 Å². The molecule has 1 aliphatic rings. The van der Waals surface area contributed by atoms with Crippen LogP contribution >= 0.6 is 15.9 Å². The minimum absolute atomic E-state index is 0.259. The molecule has 3 heteroatoms. The van der Waals surface area contributed by atoms with Crippen molar-refractivity contribution in [2.75, 3.05) is 18.1 Å². The highest BCUT2D eigenvalue weighted by Crippen LogP contribution is 2.28. The van der Waals surface area contributed by atoms with Crippen molar-refractivity contribution < 1.29 is 5.11 Å². The molecule has 0 bridgehead atoms. The lowest BCUT2D eigenvalue weighted by molar-refractivity contribution is 0.266. The normalized spacial score (nSPS) is 21.0. The number of hydrogen-bond donors (Lipinski definition) is 1. The zero-order chi connectivity index (χ0) is 10.8. The van der Waals surface area contributed by atoms with Crippen LogP contribution in [0.4, 0.5) is 5.69 Å². The lowest BCUT2D eigenvalue weighted by Crippen LogP contribution is -2.31. The van der Waals surface area contributed by atoms with E-state index in [1.165, 1.54) is 17.7 Å². The number of aryl methyl sites for hydroxylation is 1. The molecule has 15 heavy (non-hydrogen) atoms. The summed E-state index contributed by atoms with van der Waals surface area (Å²) in [6, 6.07) is 6.69. The van der Waals surface area contributed by atoms with Gasteiger partial charge in [0.1, 0.15) is 0 Å². The number of rotatable bonds is 2. The summed E-state index contributed by atoms with van der Waals surface area (Å²) >= 11 is 3.50. The zero-order valence-corrected chi connectivity index (χ0v) is 10.5. The maximum Gasteiger partial charge on any atom is 0.0635 e. The molecule has 2 nitrogen and oxygen atoms in total. The van der Waals surface area contributed by atoms with Crippen molar-refractivity contribution in [1.82, 2.24) is 0 Å². The van der Waals surface area contributed by atoms with E-state index in [4.69, 9.17) is 0 Å². The molecule has 0 aliphatic carbocycles. The van der Waals surface area contributed by atoms with Gasteiger partial charge in [0.25, 0.3) is 0 Å². The molecule has 0 radical (unpaired) electrons. The average Bonchev–Trinajstić information content (AvgIpc) is 2.70. The standard InChI is InChI=1S/C12H16BrNO/c1-9-7-10(4-5-12(9)13)14-6-2-3-11(14)8-15/h4-5,7,11,15H,2-3,6,8H2,1H3. The first kappa shape index (κ1) is 11.0. The van der Waals surface area contributed by atoms with Gasteiger partial charge in [-0.3, -0.25) is 0 Å². The van der Waals surface area contributed by atoms with Gasteiger partial charge in [-0.2, -0.15) is 0 Å². The van der Waals surface area contributed by atoms with Crippen LogP contribution in [0.3, 0.4) is 0 Å². The second kappa shape index (κ2) is 4.54. The van der Waals surface area contributed by atoms with Gasteiger partial charge in [0.2, 0.25) is 0 Å². The highest BCUT2D eigenvalue weighted by molar-refractivity contribution is 9.10. The van der Waals surface area contributed by atoms with Gasteiger partial charge in [-0.25, -0.2) is 0 Å². The molecular formula is C12H16BrNO. The molecule has 1 unspecified atom stereocenters. The van der Waals surface area contributed by atoms with Gasteiger partial charge in [0.05, 0.1) is 12.6 Å². The largest absolute Gasteiger partial charge is 0.394 e. The average molecular weight is 270 g/mol. The molecule has 0 aromatic heterocycles. The first-order valence-electron chi connectivity index (χ1n) is 5.36. The molecule has 0 saturated carbocycles. The van der Waals surface area contributed by atoms with Crippen molar-refractivity contribution in [1.29, 1.82) is 0 Å². The Morgan fingerprint density at radius 2 is 2.33 bits per heavy atom. The van der Waals surface area contributed by atoms with Crippen molar-refractivity contribution in [2.24, 2.45) is 0 Å². The van der Waals surface area contributed by atoms with Crippen LogP contribution in [0.15, 0.2) is 22.7 Å². The van der Waals surface area contributed by atoms with Crippen molar-refractivity contribution in [2.45, 2.75) is 25.8 Å². The van der Waals surface area contributed by atoms with E-state index < -0.39 is 0 Å². The quantitative estimate of drug-likeness (QED) is 0.893. The second-order valence-corrected chi connectivity index (χ2v) is 4.96. The number of hydrogen-bond acceptors (Lipinski definition) is 2. The van der Waals surface area contributed by atoms with E-state index in [1.54, 1.807) is 0 Å². The Bertz CT molecular complexity index is 353. The van der Waals surface area contributed by atoms with Gasteiger partial charge >= 0.3 is 0 Å². The topological polar surface area (TPSA) is 23.5 Å². The van der Waals surface area contributed by atoms with E-state index in [2.05, 4.69) is 46.0 Å². The van der Waals surface area contributed by atoms with Gasteiger partial charge in [-0.05, 0) is 43.5 Å². The van der Waals surface area contributed by atoms with E-state index in [-0.39, 0.29) is 6.61 Å². The maximum absolute atomic E-state index is 9.27. The predicted octanol–water partition coefficient (Wildman–Crippen LogP) is 2.72. The van der Waals surface area contributed by atoms with Gasteiger partial charge in [-0.15, -0.1) is 0 Å². The van der Waals surface area contributed by atoms with E-state index in [0.29, 0.717) is 6.04 Å². The summed E-state index contributed by atoms with van der Waals surface area (Å²) in [5.74, 6) is 0. The molecule has 0 spiro atoms. The van der Waals surface area contributed by atoms with E-state index in [0.717, 1.165) is 17.4 Å². The number of nitrogens with zero attached hydrogens (tertiary/aromatic N) is 1. The molecule has 1 saturated heterocycles. The molecule has 2 rings (SSSR count). The molecule has 1 aromatic rings. The predicted molar refractivity (Wildman–Crippen MR) is 66.3 cm³/mol. The Morgan fingerprint density at radius 3 is 3.00 bits per heavy atom. The third-order valence-corrected chi connectivity index (χ3v) is 3.95. The minimum Gasteiger partial charge on any atom is -0.394 e. The van der Waals surface area contributed by atoms with Crippen LogP contribution in [0.1, 0.15) is 18.4 Å². The summed E-state index contributed by atoms with van der Waals surface area (Å²) in [5.41, 5.74) is 2.48. The smallest absolute Gasteiger partial charge is 0.0635 e. The SMILES string of the molecule is Cc1cc(N2CCCC2CO)ccc1Br. The first-order valence-corrected chi connectivity index (χ1v) is 6.15. The van der Waals surface area contributed by atoms with E-state index in [1.807, 2.05) is 0 Å². The summed E-state index contributed by atoms with van der Waals surface area (Å²) in [6.45, 7) is 3.42. The van der Waals surface area contributed by atoms with Crippen LogP contribution in [0.2, 0.25) is 0 Å². The summed E-state index contributed by atoms with van der Waals surface area (Å²) in [5, 5.41) is 9.27. The lowest BCUT2D eigenvalue weighted by atomic mass is 10.2. The van der Waals surface area contributed by atoms with Crippen molar-refractivity contribution in [3.8, 4) is 0 Å². The van der Waals surface area contributed by atoms with Crippen LogP contribution in [0.5, 0.6) is 0 Å². The fourth-order valence-electron chi connectivity index (χ4n) is 2.17. The molecular weight excluding hydrogens is 254 g/mol. The third kappa shape index (κ3) is 2.18. The molecule has 1 atom stereocenters. The highest BCUT2D eigenvalue weighted by Gasteiger charge is 2.23. The van der Waals surface area contributed by atoms with Gasteiger partial charge < -0.3 is 10.0 Å². The van der Waals surface area contributed by atoms with Crippen molar-refractivity contribution >= 4 is 21.6 Å². The van der Waals surface area contributed by atoms with Crippen LogP contribution in [0.25, 0.3) is 0 Å². The Kier molecular flexibility index (Phi) is 3.32. The number of halogens is 1. The maximum atomic E-state index is 9.27. The monoisotopic (exact) mass is 269 g/mol. The number of benzene rings is 1. The molecule has 1 fully saturated rings. The first-order chi connectivity index (χ1) is 7.22. The van der Waals surface area contributed by atoms with Crippen LogP contribution < -0.4 is 4.90 Å². The molecule has 82 valence electrons. The van der Waals surface area contributed by atoms with Gasteiger partial charge in [0.15, 0.2) is 0 Å². The zero-order valence-electron chi connectivity index (χ0n) is 8.91. The number of anilines is 1. The summed E-state index contributed by atoms with van der Waals surface area (Å²) in [6.07, 6.45) is 2.28. The Labute approximate surface area is 99.0 Å². The van der Waals surface area contributed by atoms with Crippen LogP contribution in [-0.2, 0) is 0 Å². The van der Waals surface area contributed by atoms with Crippen LogP contribution in [0, 0.1) is 6.92 Å².